The van der Waals surface area contributed by atoms with Gasteiger partial charge in [0.15, 0.2) is 0 Å². The SMILES string of the molecule is CC(C)C[C@H](NC(=O)[C@H](CC(C)C)NC(=O)[C@H](CCCCN)NC(=O)CNC(=O)[C@H](CC(C)C)NC(=O)[C@H](CC(C)C)NC(=O)[C@H](CO)NC(=O)[C@H](CC(C)C)NC(=O)[C@H](CC(C)C)NC(=O)[C@H](CO)NC(=O)[C@H](CC(C)C)NC(=O)[C@H](CC(C)C)NC(=O)CN)C(=O)O. The van der Waals surface area contributed by atoms with E-state index in [0.717, 1.165) is 0 Å². The number of aliphatic hydroxyl groups excluding tert-OH is 2. The fourth-order valence-electron chi connectivity index (χ4n) is 10.0. The molecule has 0 fully saturated rings. The summed E-state index contributed by atoms with van der Waals surface area (Å²) in [5, 5.41) is 61.5. The minimum Gasteiger partial charge on any atom is -0.480 e. The van der Waals surface area contributed by atoms with Crippen LogP contribution in [0.1, 0.15) is 181 Å². The molecule has 0 saturated heterocycles. The number of nitrogens with one attached hydrogen (secondary N) is 12. The van der Waals surface area contributed by atoms with Crippen molar-refractivity contribution in [2.75, 3.05) is 32.8 Å². The molecule has 0 aromatic rings. The van der Waals surface area contributed by atoms with Crippen LogP contribution in [0.2, 0.25) is 0 Å². The largest absolute Gasteiger partial charge is 0.480 e. The third-order valence-corrected chi connectivity index (χ3v) is 14.6. The maximum absolute atomic E-state index is 14.2. The van der Waals surface area contributed by atoms with Crippen LogP contribution >= 0.6 is 0 Å². The maximum Gasteiger partial charge on any atom is 0.326 e. The van der Waals surface area contributed by atoms with E-state index in [1.807, 2.05) is 27.7 Å². The smallest absolute Gasteiger partial charge is 0.326 e. The number of hydrogen-bond acceptors (Lipinski definition) is 17. The zero-order chi connectivity index (χ0) is 72.3. The van der Waals surface area contributed by atoms with Crippen LogP contribution in [0.25, 0.3) is 0 Å². The van der Waals surface area contributed by atoms with E-state index in [4.69, 9.17) is 11.5 Å². The molecule has 540 valence electrons. The average molecular weight is 1340 g/mol. The van der Waals surface area contributed by atoms with Gasteiger partial charge in [0.2, 0.25) is 70.9 Å². The number of aliphatic carboxylic acids is 1. The molecule has 94 heavy (non-hydrogen) atoms. The first kappa shape index (κ1) is 87.0. The van der Waals surface area contributed by atoms with Crippen LogP contribution in [0.5, 0.6) is 0 Å². The Labute approximate surface area is 555 Å². The second-order valence-corrected chi connectivity index (χ2v) is 27.7. The molecular weight excluding hydrogens is 1220 g/mol. The highest BCUT2D eigenvalue weighted by atomic mass is 16.4. The van der Waals surface area contributed by atoms with E-state index in [2.05, 4.69) is 63.8 Å². The Hall–Kier alpha value is -7.05. The molecule has 30 heteroatoms. The van der Waals surface area contributed by atoms with Gasteiger partial charge in [-0.2, -0.15) is 0 Å². The minimum atomic E-state index is -1.69. The second-order valence-electron chi connectivity index (χ2n) is 27.7. The second kappa shape index (κ2) is 45.3. The number of rotatable bonds is 47. The highest BCUT2D eigenvalue weighted by Crippen LogP contribution is 2.15. The summed E-state index contributed by atoms with van der Waals surface area (Å²) < 4.78 is 0. The molecular formula is C64H118N14O16. The Morgan fingerprint density at radius 1 is 0.287 bits per heavy atom. The standard InChI is InChI=1S/C64H118N14O16/c1-33(2)21-42(54(83)67-30-53(82)68-41(19-17-18-20-65)55(84)71-46(25-37(9)10)59(88)76-49(64(93)94)28-40(15)16)70-57(86)44(23-35(5)6)74-62(91)50(31-79)78-61(90)48(27-39(13)14)73-58(87)45(24-36(7)8)75-63(92)51(32-80)77-60(89)47(26-38(11)12)72-56(85)43(22-34(3)4)69-52(81)29-66/h33-51,79-80H,17-32,65-66H2,1-16H3,(H,67,83)(H,68,82)(H,69,81)(H,70,86)(H,71,84)(H,72,85)(H,73,87)(H,74,91)(H,75,92)(H,76,88)(H,77,89)(H,78,90)(H,93,94)/t41-,42-,43-,44-,45-,46-,47-,48-,49-,50-,51-/m0/s1. The number of carbonyl (C=O) groups is 13. The fraction of sp³-hybridized carbons (Fsp3) is 0.797. The van der Waals surface area contributed by atoms with E-state index in [0.29, 0.717) is 12.8 Å². The van der Waals surface area contributed by atoms with Crippen molar-refractivity contribution >= 4 is 76.9 Å². The zero-order valence-electron chi connectivity index (χ0n) is 58.6. The van der Waals surface area contributed by atoms with Gasteiger partial charge in [0.1, 0.15) is 66.5 Å². The quantitative estimate of drug-likeness (QED) is 0.0324. The summed E-state index contributed by atoms with van der Waals surface area (Å²) >= 11 is 0. The van der Waals surface area contributed by atoms with E-state index in [9.17, 15) is 77.6 Å². The topological polar surface area (TPSA) is 479 Å². The lowest BCUT2D eigenvalue weighted by Crippen LogP contribution is -2.61. The van der Waals surface area contributed by atoms with Gasteiger partial charge < -0.3 is 90.6 Å². The van der Waals surface area contributed by atoms with Gasteiger partial charge in [-0.15, -0.1) is 0 Å². The van der Waals surface area contributed by atoms with Crippen molar-refractivity contribution < 1.29 is 77.6 Å². The zero-order valence-corrected chi connectivity index (χ0v) is 58.6. The lowest BCUT2D eigenvalue weighted by Gasteiger charge is -2.29. The summed E-state index contributed by atoms with van der Waals surface area (Å²) in [5.74, 6) is -12.2. The Bertz CT molecular complexity index is 2440. The third kappa shape index (κ3) is 36.0. The summed E-state index contributed by atoms with van der Waals surface area (Å²) in [6, 6.07) is -14.5. The number of unbranched alkanes of at least 4 members (excludes halogenated alkanes) is 1. The van der Waals surface area contributed by atoms with E-state index >= 15 is 0 Å². The molecule has 0 unspecified atom stereocenters. The van der Waals surface area contributed by atoms with Gasteiger partial charge in [-0.25, -0.2) is 4.79 Å². The Kier molecular flexibility index (Phi) is 41.9. The highest BCUT2D eigenvalue weighted by molar-refractivity contribution is 5.99. The molecule has 19 N–H and O–H groups in total. The molecule has 30 nitrogen and oxygen atoms in total. The van der Waals surface area contributed by atoms with Crippen molar-refractivity contribution in [2.24, 2.45) is 58.8 Å². The fourth-order valence-corrected chi connectivity index (χ4v) is 10.0. The van der Waals surface area contributed by atoms with Gasteiger partial charge in [0.25, 0.3) is 0 Å². The van der Waals surface area contributed by atoms with Gasteiger partial charge in [0.05, 0.1) is 26.3 Å². The molecule has 0 aliphatic heterocycles. The molecule has 0 bridgehead atoms. The monoisotopic (exact) mass is 1340 g/mol. The number of carboxylic acid groups (broad SMARTS) is 1. The lowest BCUT2D eigenvalue weighted by atomic mass is 9.99. The predicted octanol–water partition coefficient (Wildman–Crippen LogP) is -1.04. The summed E-state index contributed by atoms with van der Waals surface area (Å²) in [6.45, 7) is 26.0. The summed E-state index contributed by atoms with van der Waals surface area (Å²) in [4.78, 5) is 176. The van der Waals surface area contributed by atoms with Crippen LogP contribution in [0.3, 0.4) is 0 Å². The van der Waals surface area contributed by atoms with Crippen molar-refractivity contribution in [3.63, 3.8) is 0 Å². The molecule has 0 aliphatic rings. The molecule has 0 rings (SSSR count). The average Bonchev–Trinajstić information content (AvgIpc) is 0.890. The minimum absolute atomic E-state index is 0.00639. The van der Waals surface area contributed by atoms with E-state index in [1.54, 1.807) is 83.1 Å². The first-order valence-electron chi connectivity index (χ1n) is 33.2. The molecule has 0 spiro atoms. The van der Waals surface area contributed by atoms with Gasteiger partial charge in [-0.1, -0.05) is 111 Å². The number of hydrogen-bond donors (Lipinski definition) is 17. The van der Waals surface area contributed by atoms with Gasteiger partial charge in [0, 0.05) is 0 Å². The van der Waals surface area contributed by atoms with Crippen LogP contribution in [-0.2, 0) is 62.3 Å². The molecule has 0 aromatic heterocycles. The molecule has 0 aliphatic carbocycles. The maximum atomic E-state index is 14.2. The molecule has 0 heterocycles. The van der Waals surface area contributed by atoms with Crippen molar-refractivity contribution in [1.29, 1.82) is 0 Å². The van der Waals surface area contributed by atoms with Crippen LogP contribution in [-0.4, -0.2) is 191 Å². The van der Waals surface area contributed by atoms with Crippen LogP contribution in [0, 0.1) is 47.3 Å². The molecule has 0 saturated carbocycles. The van der Waals surface area contributed by atoms with E-state index < -0.39 is 163 Å². The predicted molar refractivity (Wildman–Crippen MR) is 354 cm³/mol. The van der Waals surface area contributed by atoms with Crippen molar-refractivity contribution in [1.82, 2.24) is 63.8 Å². The normalized spacial score (nSPS) is 15.1. The van der Waals surface area contributed by atoms with Crippen LogP contribution < -0.4 is 75.3 Å². The van der Waals surface area contributed by atoms with Crippen molar-refractivity contribution in [3.05, 3.63) is 0 Å². The molecule has 11 atom stereocenters. The van der Waals surface area contributed by atoms with Crippen LogP contribution in [0.4, 0.5) is 0 Å². The number of carbonyl (C=O) groups excluding carboxylic acids is 12. The molecule has 12 amide bonds. The van der Waals surface area contributed by atoms with E-state index in [-0.39, 0.29) is 118 Å². The van der Waals surface area contributed by atoms with E-state index in [1.165, 1.54) is 0 Å². The summed E-state index contributed by atoms with van der Waals surface area (Å²) in [7, 11) is 0. The van der Waals surface area contributed by atoms with Crippen LogP contribution in [0.15, 0.2) is 0 Å². The summed E-state index contributed by atoms with van der Waals surface area (Å²) in [5.41, 5.74) is 11.2. The Morgan fingerprint density at radius 3 is 0.766 bits per heavy atom. The number of nitrogens with two attached hydrogens (primary N) is 2. The van der Waals surface area contributed by atoms with Gasteiger partial charge in [-0.05, 0) is 125 Å². The van der Waals surface area contributed by atoms with Crippen molar-refractivity contribution in [2.45, 2.75) is 248 Å². The Morgan fingerprint density at radius 2 is 0.511 bits per heavy atom. The first-order chi connectivity index (χ1) is 43.8. The number of amides is 12. The molecule has 0 aromatic carbocycles. The third-order valence-electron chi connectivity index (χ3n) is 14.6. The number of aliphatic hydroxyl groups is 2. The number of carboxylic acids is 1. The Balaban J connectivity index is 6.52. The lowest BCUT2D eigenvalue weighted by molar-refractivity contribution is -0.143. The first-order valence-corrected chi connectivity index (χ1v) is 33.2. The summed E-state index contributed by atoms with van der Waals surface area (Å²) in [6.07, 6.45) is 1.67. The van der Waals surface area contributed by atoms with Crippen molar-refractivity contribution in [3.8, 4) is 0 Å². The van der Waals surface area contributed by atoms with Gasteiger partial charge >= 0.3 is 5.97 Å². The highest BCUT2D eigenvalue weighted by Gasteiger charge is 2.37. The molecule has 0 radical (unpaired) electrons. The van der Waals surface area contributed by atoms with Gasteiger partial charge in [-0.3, -0.25) is 57.5 Å².